The molecule has 10 heteroatoms. The highest BCUT2D eigenvalue weighted by atomic mass is 32.2. The highest BCUT2D eigenvalue weighted by Gasteiger charge is 2.17. The van der Waals surface area contributed by atoms with E-state index < -0.39 is 27.7 Å². The molecule has 0 spiro atoms. The van der Waals surface area contributed by atoms with E-state index in [1.165, 1.54) is 37.6 Å². The lowest BCUT2D eigenvalue weighted by molar-refractivity contribution is 0.437. The van der Waals surface area contributed by atoms with Crippen LogP contribution in [0, 0.1) is 25.5 Å². The summed E-state index contributed by atoms with van der Waals surface area (Å²) >= 11 is 0. The van der Waals surface area contributed by atoms with Crippen LogP contribution in [0.2, 0.25) is 0 Å². The number of rotatable bonds is 7. The van der Waals surface area contributed by atoms with Crippen LogP contribution in [0.15, 0.2) is 42.9 Å². The van der Waals surface area contributed by atoms with Crippen LogP contribution in [-0.2, 0) is 16.6 Å². The summed E-state index contributed by atoms with van der Waals surface area (Å²) in [4.78, 5) is 7.84. The Morgan fingerprint density at radius 2 is 1.83 bits per heavy atom. The maximum Gasteiger partial charge on any atom is 0.300 e. The maximum absolute atomic E-state index is 14.8. The minimum atomic E-state index is -3.91. The summed E-state index contributed by atoms with van der Waals surface area (Å²) in [5.74, 6) is -1.32. The van der Waals surface area contributed by atoms with Gasteiger partial charge in [-0.3, -0.25) is 9.71 Å². The molecule has 2 N–H and O–H groups in total. The number of hydrogen-bond donors (Lipinski definition) is 2. The summed E-state index contributed by atoms with van der Waals surface area (Å²) < 4.78 is 61.9. The lowest BCUT2D eigenvalue weighted by Crippen LogP contribution is -2.27. The number of pyridine rings is 2. The predicted octanol–water partition coefficient (Wildman–Crippen LogP) is 3.63. The van der Waals surface area contributed by atoms with E-state index >= 15 is 0 Å². The first kappa shape index (κ1) is 21.6. The molecule has 30 heavy (non-hydrogen) atoms. The number of nitrogens with zero attached hydrogens (tertiary/aromatic N) is 2. The summed E-state index contributed by atoms with van der Waals surface area (Å²) in [6, 6.07) is 6.06. The van der Waals surface area contributed by atoms with E-state index in [1.807, 2.05) is 9.44 Å². The molecule has 0 saturated heterocycles. The van der Waals surface area contributed by atoms with Crippen LogP contribution in [-0.4, -0.2) is 25.4 Å². The number of ether oxygens (including phenoxy) is 1. The standard InChI is InChI=1S/C20H20F2N4O3S/c1-12-4-5-17(16(21)8-12)29-18-11-24-10-15(13(18)2)9-14-6-7-25-20(19(14)22)26-30(27,28)23-3/h4-8,10-11,23H,9H2,1-3H3,(H,25,26). The topological polar surface area (TPSA) is 93.2 Å². The monoisotopic (exact) mass is 434 g/mol. The van der Waals surface area contributed by atoms with Crippen molar-refractivity contribution in [1.82, 2.24) is 14.7 Å². The molecule has 0 bridgehead atoms. The zero-order chi connectivity index (χ0) is 21.9. The van der Waals surface area contributed by atoms with Gasteiger partial charge in [-0.25, -0.2) is 18.5 Å². The minimum Gasteiger partial charge on any atom is -0.452 e. The number of aryl methyl sites for hydroxylation is 1. The fourth-order valence-electron chi connectivity index (χ4n) is 2.71. The summed E-state index contributed by atoms with van der Waals surface area (Å²) in [6.45, 7) is 3.52. The van der Waals surface area contributed by atoms with Crippen molar-refractivity contribution in [3.8, 4) is 11.5 Å². The molecule has 7 nitrogen and oxygen atoms in total. The summed E-state index contributed by atoms with van der Waals surface area (Å²) in [5, 5.41) is 0. The summed E-state index contributed by atoms with van der Waals surface area (Å²) in [6.07, 6.45) is 4.41. The Morgan fingerprint density at radius 1 is 1.07 bits per heavy atom. The van der Waals surface area contributed by atoms with Gasteiger partial charge in [0.05, 0.1) is 6.20 Å². The molecule has 0 amide bonds. The van der Waals surface area contributed by atoms with Crippen LogP contribution in [0.3, 0.4) is 0 Å². The fraction of sp³-hybridized carbons (Fsp3) is 0.200. The van der Waals surface area contributed by atoms with Gasteiger partial charge in [0.2, 0.25) is 0 Å². The van der Waals surface area contributed by atoms with Crippen molar-refractivity contribution in [2.24, 2.45) is 0 Å². The first-order valence-corrected chi connectivity index (χ1v) is 10.4. The third-order valence-electron chi connectivity index (χ3n) is 4.43. The molecule has 3 aromatic rings. The highest BCUT2D eigenvalue weighted by molar-refractivity contribution is 7.90. The van der Waals surface area contributed by atoms with E-state index in [-0.39, 0.29) is 17.7 Å². The van der Waals surface area contributed by atoms with Gasteiger partial charge in [-0.05, 0) is 54.3 Å². The molecule has 0 unspecified atom stereocenters. The number of benzene rings is 1. The van der Waals surface area contributed by atoms with Gasteiger partial charge >= 0.3 is 0 Å². The second-order valence-corrected chi connectivity index (χ2v) is 8.20. The molecule has 0 fully saturated rings. The number of nitrogens with one attached hydrogen (secondary N) is 2. The third-order valence-corrected chi connectivity index (χ3v) is 5.43. The van der Waals surface area contributed by atoms with Gasteiger partial charge in [0.15, 0.2) is 23.2 Å². The molecule has 0 saturated carbocycles. The molecule has 0 aliphatic rings. The van der Waals surface area contributed by atoms with Crippen molar-refractivity contribution in [1.29, 1.82) is 0 Å². The van der Waals surface area contributed by atoms with Crippen LogP contribution in [0.25, 0.3) is 0 Å². The average molecular weight is 434 g/mol. The van der Waals surface area contributed by atoms with E-state index in [2.05, 4.69) is 9.97 Å². The fourth-order valence-corrected chi connectivity index (χ4v) is 3.21. The SMILES string of the molecule is CNS(=O)(=O)Nc1nccc(Cc2cncc(Oc3ccc(C)cc3F)c2C)c1F. The Morgan fingerprint density at radius 3 is 2.53 bits per heavy atom. The predicted molar refractivity (Wildman–Crippen MR) is 109 cm³/mol. The largest absolute Gasteiger partial charge is 0.452 e. The van der Waals surface area contributed by atoms with E-state index in [1.54, 1.807) is 26.1 Å². The lowest BCUT2D eigenvalue weighted by atomic mass is 10.0. The number of aromatic nitrogens is 2. The zero-order valence-corrected chi connectivity index (χ0v) is 17.3. The molecule has 2 heterocycles. The molecule has 3 rings (SSSR count). The molecule has 0 radical (unpaired) electrons. The second-order valence-electron chi connectivity index (χ2n) is 6.58. The summed E-state index contributed by atoms with van der Waals surface area (Å²) in [5.41, 5.74) is 2.26. The number of anilines is 1. The van der Waals surface area contributed by atoms with Crippen LogP contribution < -0.4 is 14.2 Å². The molecule has 0 aliphatic carbocycles. The van der Waals surface area contributed by atoms with E-state index in [9.17, 15) is 17.2 Å². The Bertz CT molecular complexity index is 1190. The van der Waals surface area contributed by atoms with Crippen molar-refractivity contribution in [2.45, 2.75) is 20.3 Å². The van der Waals surface area contributed by atoms with Crippen molar-refractivity contribution in [2.75, 3.05) is 11.8 Å². The maximum atomic E-state index is 14.8. The number of halogens is 2. The lowest BCUT2D eigenvalue weighted by Gasteiger charge is -2.14. The molecule has 2 aromatic heterocycles. The van der Waals surface area contributed by atoms with Crippen molar-refractivity contribution >= 4 is 16.0 Å². The second kappa shape index (κ2) is 8.72. The van der Waals surface area contributed by atoms with Crippen molar-refractivity contribution in [3.63, 3.8) is 0 Å². The molecule has 1 aromatic carbocycles. The molecule has 158 valence electrons. The Hall–Kier alpha value is -3.11. The van der Waals surface area contributed by atoms with Gasteiger partial charge in [-0.1, -0.05) is 6.07 Å². The highest BCUT2D eigenvalue weighted by Crippen LogP contribution is 2.30. The van der Waals surface area contributed by atoms with Crippen molar-refractivity contribution in [3.05, 3.63) is 76.7 Å². The molecular weight excluding hydrogens is 414 g/mol. The van der Waals surface area contributed by atoms with E-state index in [4.69, 9.17) is 4.74 Å². The van der Waals surface area contributed by atoms with Crippen LogP contribution in [0.4, 0.5) is 14.6 Å². The smallest absolute Gasteiger partial charge is 0.300 e. The molecular formula is C20H20F2N4O3S. The van der Waals surface area contributed by atoms with Gasteiger partial charge < -0.3 is 4.74 Å². The van der Waals surface area contributed by atoms with Crippen LogP contribution in [0.1, 0.15) is 22.3 Å². The van der Waals surface area contributed by atoms with Crippen LogP contribution >= 0.6 is 0 Å². The Kier molecular flexibility index (Phi) is 6.28. The van der Waals surface area contributed by atoms with Gasteiger partial charge in [-0.15, -0.1) is 0 Å². The Balaban J connectivity index is 1.89. The van der Waals surface area contributed by atoms with Gasteiger partial charge in [0, 0.05) is 25.9 Å². The van der Waals surface area contributed by atoms with Gasteiger partial charge in [0.25, 0.3) is 10.2 Å². The van der Waals surface area contributed by atoms with Crippen LogP contribution in [0.5, 0.6) is 11.5 Å². The van der Waals surface area contributed by atoms with E-state index in [0.717, 1.165) is 5.56 Å². The van der Waals surface area contributed by atoms with Gasteiger partial charge in [0.1, 0.15) is 5.75 Å². The van der Waals surface area contributed by atoms with Crippen molar-refractivity contribution < 1.29 is 21.9 Å². The number of hydrogen-bond acceptors (Lipinski definition) is 5. The van der Waals surface area contributed by atoms with E-state index in [0.29, 0.717) is 16.9 Å². The quantitative estimate of drug-likeness (QED) is 0.592. The first-order chi connectivity index (χ1) is 14.2. The third kappa shape index (κ3) is 4.89. The minimum absolute atomic E-state index is 0.0569. The first-order valence-electron chi connectivity index (χ1n) is 8.92. The molecule has 0 atom stereocenters. The summed E-state index contributed by atoms with van der Waals surface area (Å²) in [7, 11) is -2.72. The zero-order valence-electron chi connectivity index (χ0n) is 16.5. The molecule has 0 aliphatic heterocycles. The normalized spacial score (nSPS) is 11.4. The average Bonchev–Trinajstić information content (AvgIpc) is 2.69. The Labute approximate surface area is 173 Å². The van der Waals surface area contributed by atoms with Gasteiger partial charge in [-0.2, -0.15) is 8.42 Å².